The Morgan fingerprint density at radius 1 is 0.913 bits per heavy atom. The lowest BCUT2D eigenvalue weighted by Gasteiger charge is -2.00. The molecule has 0 aliphatic rings. The maximum absolute atomic E-state index is 5.86. The molecule has 0 aliphatic heterocycles. The van der Waals surface area contributed by atoms with Gasteiger partial charge < -0.3 is 16.0 Å². The molecule has 0 spiro atoms. The topological polar surface area (TPSA) is 103 Å². The summed E-state index contributed by atoms with van der Waals surface area (Å²) in [6.45, 7) is 0. The summed E-state index contributed by atoms with van der Waals surface area (Å²) in [7, 11) is 0. The second-order valence-electron chi connectivity index (χ2n) is 4.51. The number of nitrogens with zero attached hydrogens (tertiary/aromatic N) is 3. The number of hydrogen-bond donors (Lipinski definition) is 2. The van der Waals surface area contributed by atoms with Gasteiger partial charge in [-0.2, -0.15) is 5.10 Å². The van der Waals surface area contributed by atoms with Crippen molar-refractivity contribution in [2.24, 2.45) is 16.7 Å². The smallest absolute Gasteiger partial charge is 0.248 e. The van der Waals surface area contributed by atoms with Crippen molar-refractivity contribution in [2.75, 3.05) is 0 Å². The van der Waals surface area contributed by atoms with Crippen molar-refractivity contribution >= 4 is 29.8 Å². The predicted molar refractivity (Wildman–Crippen MR) is 92.3 cm³/mol. The molecule has 0 fully saturated rings. The highest BCUT2D eigenvalue weighted by atomic mass is 35.5. The fourth-order valence-electron chi connectivity index (χ4n) is 1.91. The van der Waals surface area contributed by atoms with Crippen LogP contribution < -0.4 is 11.6 Å². The number of hydrazone groups is 1. The molecule has 4 N–H and O–H groups in total. The van der Waals surface area contributed by atoms with Crippen LogP contribution in [0.1, 0.15) is 5.56 Å². The lowest BCUT2D eigenvalue weighted by atomic mass is 10.1. The van der Waals surface area contributed by atoms with Gasteiger partial charge in [0.15, 0.2) is 0 Å². The van der Waals surface area contributed by atoms with Crippen molar-refractivity contribution in [2.45, 2.75) is 0 Å². The van der Waals surface area contributed by atoms with Crippen LogP contribution in [-0.2, 0) is 0 Å². The molecule has 23 heavy (non-hydrogen) atoms. The van der Waals surface area contributed by atoms with E-state index >= 15 is 0 Å². The number of halogens is 2. The summed E-state index contributed by atoms with van der Waals surface area (Å²) in [5, 5.41) is 12.2. The first kappa shape index (κ1) is 16.8. The van der Waals surface area contributed by atoms with Crippen molar-refractivity contribution in [3.05, 3.63) is 59.1 Å². The molecule has 2 aromatic carbocycles. The summed E-state index contributed by atoms with van der Waals surface area (Å²) in [6.07, 6.45) is 0. The third-order valence-electron chi connectivity index (χ3n) is 3.08. The SMILES string of the molecule is Cl.NN=C(N)c1ccc(-c2nnc(-c3ccc(Cl)cc3)o2)cc1. The highest BCUT2D eigenvalue weighted by molar-refractivity contribution is 6.30. The molecule has 6 nitrogen and oxygen atoms in total. The van der Waals surface area contributed by atoms with Crippen LogP contribution in [-0.4, -0.2) is 16.0 Å². The molecule has 0 aliphatic carbocycles. The highest BCUT2D eigenvalue weighted by Gasteiger charge is 2.10. The van der Waals surface area contributed by atoms with Crippen LogP contribution in [0.15, 0.2) is 58.0 Å². The van der Waals surface area contributed by atoms with E-state index in [2.05, 4.69) is 15.3 Å². The van der Waals surface area contributed by atoms with Gasteiger partial charge in [-0.15, -0.1) is 22.6 Å². The highest BCUT2D eigenvalue weighted by Crippen LogP contribution is 2.25. The normalized spacial score (nSPS) is 11.1. The molecule has 0 atom stereocenters. The van der Waals surface area contributed by atoms with Crippen LogP contribution in [0.25, 0.3) is 22.9 Å². The number of rotatable bonds is 3. The summed E-state index contributed by atoms with van der Waals surface area (Å²) in [5.41, 5.74) is 7.95. The Bertz CT molecular complexity index is 813. The van der Waals surface area contributed by atoms with E-state index in [1.165, 1.54) is 0 Å². The quantitative estimate of drug-likeness (QED) is 0.327. The number of aromatic nitrogens is 2. The average molecular weight is 350 g/mol. The van der Waals surface area contributed by atoms with Crippen molar-refractivity contribution < 1.29 is 4.42 Å². The molecule has 118 valence electrons. The van der Waals surface area contributed by atoms with E-state index in [-0.39, 0.29) is 18.2 Å². The second kappa shape index (κ2) is 7.13. The van der Waals surface area contributed by atoms with E-state index < -0.39 is 0 Å². The van der Waals surface area contributed by atoms with E-state index in [9.17, 15) is 0 Å². The molecule has 1 aromatic heterocycles. The molecule has 0 saturated heterocycles. The van der Waals surface area contributed by atoms with Crippen LogP contribution in [0.4, 0.5) is 0 Å². The van der Waals surface area contributed by atoms with Gasteiger partial charge in [0.1, 0.15) is 5.84 Å². The Labute approximate surface area is 143 Å². The molecule has 0 saturated carbocycles. The standard InChI is InChI=1S/C15H12ClN5O.ClH/c16-12-7-5-11(6-8-12)15-21-20-14(22-15)10-3-1-9(2-4-10)13(17)19-18;/h1-8H,18H2,(H2,17,19);1H. The van der Waals surface area contributed by atoms with Crippen LogP contribution in [0.2, 0.25) is 5.02 Å². The molecule has 1 heterocycles. The molecule has 8 heteroatoms. The molecule has 0 radical (unpaired) electrons. The summed E-state index contributed by atoms with van der Waals surface area (Å²) in [4.78, 5) is 0. The minimum absolute atomic E-state index is 0. The Morgan fingerprint density at radius 2 is 1.39 bits per heavy atom. The first-order chi connectivity index (χ1) is 10.7. The van der Waals surface area contributed by atoms with Gasteiger partial charge in [-0.25, -0.2) is 0 Å². The van der Waals surface area contributed by atoms with Crippen molar-refractivity contribution in [3.63, 3.8) is 0 Å². The van der Waals surface area contributed by atoms with E-state index in [1.54, 1.807) is 24.3 Å². The van der Waals surface area contributed by atoms with Crippen LogP contribution >= 0.6 is 24.0 Å². The summed E-state index contributed by atoms with van der Waals surface area (Å²) in [6, 6.07) is 14.4. The Kier molecular flexibility index (Phi) is 5.20. The van der Waals surface area contributed by atoms with Gasteiger partial charge in [-0.1, -0.05) is 23.7 Å². The third kappa shape index (κ3) is 3.61. The van der Waals surface area contributed by atoms with Gasteiger partial charge >= 0.3 is 0 Å². The maximum atomic E-state index is 5.86. The van der Waals surface area contributed by atoms with Crippen LogP contribution in [0.5, 0.6) is 0 Å². The molecule has 3 rings (SSSR count). The van der Waals surface area contributed by atoms with Crippen molar-refractivity contribution in [1.82, 2.24) is 10.2 Å². The monoisotopic (exact) mass is 349 g/mol. The van der Waals surface area contributed by atoms with Gasteiger partial charge in [-0.05, 0) is 36.4 Å². The average Bonchev–Trinajstić information content (AvgIpc) is 3.05. The van der Waals surface area contributed by atoms with Crippen LogP contribution in [0.3, 0.4) is 0 Å². The fourth-order valence-corrected chi connectivity index (χ4v) is 2.03. The Morgan fingerprint density at radius 3 is 1.87 bits per heavy atom. The van der Waals surface area contributed by atoms with Gasteiger partial charge in [0.25, 0.3) is 0 Å². The molecule has 0 bridgehead atoms. The number of nitrogens with two attached hydrogens (primary N) is 2. The summed E-state index contributed by atoms with van der Waals surface area (Å²) < 4.78 is 5.67. The van der Waals surface area contributed by atoms with E-state index in [1.807, 2.05) is 24.3 Å². The Balaban J connectivity index is 0.00000192. The predicted octanol–water partition coefficient (Wildman–Crippen LogP) is 3.06. The van der Waals surface area contributed by atoms with Crippen molar-refractivity contribution in [3.8, 4) is 22.9 Å². The van der Waals surface area contributed by atoms with E-state index in [4.69, 9.17) is 27.6 Å². The molecule has 0 amide bonds. The first-order valence-corrected chi connectivity index (χ1v) is 6.79. The minimum Gasteiger partial charge on any atom is -0.416 e. The number of amidine groups is 1. The Hall–Kier alpha value is -2.57. The lowest BCUT2D eigenvalue weighted by molar-refractivity contribution is 0.584. The second-order valence-corrected chi connectivity index (χ2v) is 4.95. The largest absolute Gasteiger partial charge is 0.416 e. The number of benzene rings is 2. The molecular weight excluding hydrogens is 337 g/mol. The lowest BCUT2D eigenvalue weighted by Crippen LogP contribution is -2.15. The zero-order valence-electron chi connectivity index (χ0n) is 11.8. The summed E-state index contributed by atoms with van der Waals surface area (Å²) >= 11 is 5.86. The molecule has 3 aromatic rings. The summed E-state index contributed by atoms with van der Waals surface area (Å²) in [5.74, 6) is 6.25. The van der Waals surface area contributed by atoms with Gasteiger partial charge in [0.05, 0.1) is 0 Å². The van der Waals surface area contributed by atoms with Crippen LogP contribution in [0, 0.1) is 0 Å². The number of hydrogen-bond acceptors (Lipinski definition) is 5. The van der Waals surface area contributed by atoms with E-state index in [0.29, 0.717) is 16.8 Å². The van der Waals surface area contributed by atoms with Crippen molar-refractivity contribution in [1.29, 1.82) is 0 Å². The zero-order valence-corrected chi connectivity index (χ0v) is 13.4. The fraction of sp³-hybridized carbons (Fsp3) is 0. The maximum Gasteiger partial charge on any atom is 0.248 e. The first-order valence-electron chi connectivity index (χ1n) is 6.41. The molecular formula is C15H13Cl2N5O. The van der Waals surface area contributed by atoms with Gasteiger partial charge in [-0.3, -0.25) is 0 Å². The zero-order chi connectivity index (χ0) is 15.5. The minimum atomic E-state index is 0. The third-order valence-corrected chi connectivity index (χ3v) is 3.33. The van der Waals surface area contributed by atoms with Gasteiger partial charge in [0, 0.05) is 21.7 Å². The molecule has 0 unspecified atom stereocenters. The van der Waals surface area contributed by atoms with E-state index in [0.717, 1.165) is 16.7 Å². The van der Waals surface area contributed by atoms with Gasteiger partial charge in [0.2, 0.25) is 11.8 Å².